The number of ether oxygens (including phenoxy) is 3. The average molecular weight is 573 g/mol. The second-order valence-corrected chi connectivity index (χ2v) is 18.0. The third kappa shape index (κ3) is 7.20. The number of hydrogen-bond donors (Lipinski definition) is 0. The van der Waals surface area contributed by atoms with Gasteiger partial charge in [0.1, 0.15) is 12.4 Å². The summed E-state index contributed by atoms with van der Waals surface area (Å²) in [6.07, 6.45) is 0. The Morgan fingerprint density at radius 2 is 1.56 bits per heavy atom. The first kappa shape index (κ1) is 29.1. The van der Waals surface area contributed by atoms with Crippen molar-refractivity contribution in [1.29, 1.82) is 0 Å². The molecule has 2 heterocycles. The van der Waals surface area contributed by atoms with E-state index < -0.39 is 24.1 Å². The molecule has 3 aromatic rings. The van der Waals surface area contributed by atoms with Crippen LogP contribution in [0.3, 0.4) is 0 Å². The van der Waals surface area contributed by atoms with Crippen molar-refractivity contribution in [2.24, 2.45) is 0 Å². The molecule has 0 radical (unpaired) electrons. The minimum Gasteiger partial charge on any atom is -0.461 e. The molecule has 1 saturated heterocycles. The predicted molar refractivity (Wildman–Crippen MR) is 151 cm³/mol. The van der Waals surface area contributed by atoms with Crippen molar-refractivity contribution in [2.45, 2.75) is 44.2 Å². The molecule has 10 nitrogen and oxygen atoms in total. The Bertz CT molecular complexity index is 1360. The van der Waals surface area contributed by atoms with E-state index in [2.05, 4.69) is 30.0 Å². The maximum Gasteiger partial charge on any atom is 0.359 e. The lowest BCUT2D eigenvalue weighted by molar-refractivity contribution is 0.0455. The molecule has 1 aliphatic heterocycles. The summed E-state index contributed by atoms with van der Waals surface area (Å²) >= 11 is 0. The van der Waals surface area contributed by atoms with E-state index in [0.29, 0.717) is 44.2 Å². The fraction of sp³-hybridized carbons (Fsp3) is 0.444. The fourth-order valence-corrected chi connectivity index (χ4v) is 6.27. The van der Waals surface area contributed by atoms with E-state index in [1.54, 1.807) is 31.2 Å². The van der Waals surface area contributed by atoms with Gasteiger partial charge in [-0.25, -0.2) is 17.9 Å². The Hall–Kier alpha value is -2.90. The van der Waals surface area contributed by atoms with E-state index in [0.717, 1.165) is 17.2 Å². The van der Waals surface area contributed by atoms with Crippen molar-refractivity contribution in [2.75, 3.05) is 39.5 Å². The molecular formula is C27H36N4O6SSi. The highest BCUT2D eigenvalue weighted by Crippen LogP contribution is 2.28. The molecule has 1 aromatic heterocycles. The van der Waals surface area contributed by atoms with E-state index in [1.165, 1.54) is 8.99 Å². The molecule has 210 valence electrons. The summed E-state index contributed by atoms with van der Waals surface area (Å²) in [6, 6.07) is 15.4. The largest absolute Gasteiger partial charge is 0.461 e. The van der Waals surface area contributed by atoms with Gasteiger partial charge in [0.2, 0.25) is 10.0 Å². The van der Waals surface area contributed by atoms with Crippen molar-refractivity contribution >= 4 is 24.1 Å². The molecule has 0 bridgehead atoms. The molecule has 0 aliphatic carbocycles. The van der Waals surface area contributed by atoms with Gasteiger partial charge in [-0.15, -0.1) is 5.10 Å². The van der Waals surface area contributed by atoms with Crippen LogP contribution in [0.5, 0.6) is 0 Å². The lowest BCUT2D eigenvalue weighted by Crippen LogP contribution is -2.40. The summed E-state index contributed by atoms with van der Waals surface area (Å²) in [5.74, 6) is -0.507. The van der Waals surface area contributed by atoms with Crippen LogP contribution in [0.1, 0.15) is 17.4 Å². The topological polar surface area (TPSA) is 113 Å². The Morgan fingerprint density at radius 3 is 2.15 bits per heavy atom. The number of rotatable bonds is 11. The van der Waals surface area contributed by atoms with Gasteiger partial charge in [-0.1, -0.05) is 61.3 Å². The van der Waals surface area contributed by atoms with Crippen molar-refractivity contribution in [3.63, 3.8) is 0 Å². The molecule has 0 saturated carbocycles. The van der Waals surface area contributed by atoms with Gasteiger partial charge in [-0.05, 0) is 36.2 Å². The van der Waals surface area contributed by atoms with E-state index in [9.17, 15) is 13.2 Å². The minimum atomic E-state index is -3.55. The summed E-state index contributed by atoms with van der Waals surface area (Å²) in [4.78, 5) is 13.1. The molecular weight excluding hydrogens is 536 g/mol. The van der Waals surface area contributed by atoms with Crippen LogP contribution in [0.4, 0.5) is 0 Å². The standard InChI is InChI=1S/C27H36N4O6SSi/c1-5-37-27(32)26-25(28-29-31(26)20-36-18-19-39(2,3)4)23-8-6-21(7-9-23)22-10-12-24(13-11-22)38(33,34)30-14-16-35-17-15-30/h6-13H,5,14-20H2,1-4H3. The fourth-order valence-electron chi connectivity index (χ4n) is 4.10. The number of sulfonamides is 1. The van der Waals surface area contributed by atoms with Gasteiger partial charge in [-0.3, -0.25) is 0 Å². The van der Waals surface area contributed by atoms with E-state index in [-0.39, 0.29) is 23.9 Å². The summed E-state index contributed by atoms with van der Waals surface area (Å²) in [5.41, 5.74) is 3.14. The molecule has 0 unspecified atom stereocenters. The van der Waals surface area contributed by atoms with E-state index in [1.807, 2.05) is 24.3 Å². The molecule has 1 fully saturated rings. The summed E-state index contributed by atoms with van der Waals surface area (Å²) < 4.78 is 45.1. The monoisotopic (exact) mass is 572 g/mol. The molecule has 39 heavy (non-hydrogen) atoms. The van der Waals surface area contributed by atoms with Gasteiger partial charge in [0.15, 0.2) is 5.69 Å². The molecule has 0 spiro atoms. The Kier molecular flexibility index (Phi) is 9.34. The first-order valence-electron chi connectivity index (χ1n) is 13.1. The molecule has 2 aromatic carbocycles. The Labute approximate surface area is 230 Å². The summed E-state index contributed by atoms with van der Waals surface area (Å²) in [7, 11) is -4.80. The van der Waals surface area contributed by atoms with Gasteiger partial charge >= 0.3 is 5.97 Å². The second-order valence-electron chi connectivity index (χ2n) is 10.5. The third-order valence-corrected chi connectivity index (χ3v) is 9.98. The summed E-state index contributed by atoms with van der Waals surface area (Å²) in [5, 5.41) is 8.43. The zero-order chi connectivity index (χ0) is 28.0. The SMILES string of the molecule is CCOC(=O)c1c(-c2ccc(-c3ccc(S(=O)(=O)N4CCOCC4)cc3)cc2)nnn1COCC[Si](C)(C)C. The molecule has 0 amide bonds. The van der Waals surface area contributed by atoms with Crippen LogP contribution in [0.25, 0.3) is 22.4 Å². The van der Waals surface area contributed by atoms with Crippen LogP contribution >= 0.6 is 0 Å². The zero-order valence-electron chi connectivity index (χ0n) is 22.9. The first-order valence-corrected chi connectivity index (χ1v) is 18.2. The molecule has 4 rings (SSSR count). The number of benzene rings is 2. The average Bonchev–Trinajstić information content (AvgIpc) is 3.35. The normalized spacial score (nSPS) is 14.9. The zero-order valence-corrected chi connectivity index (χ0v) is 24.7. The smallest absolute Gasteiger partial charge is 0.359 e. The Balaban J connectivity index is 1.52. The number of carbonyl (C=O) groups excluding carboxylic acids is 1. The van der Waals surface area contributed by atoms with Crippen LogP contribution in [0, 0.1) is 0 Å². The second kappa shape index (κ2) is 12.5. The van der Waals surface area contributed by atoms with Crippen molar-refractivity contribution < 1.29 is 27.4 Å². The van der Waals surface area contributed by atoms with Crippen molar-refractivity contribution in [1.82, 2.24) is 19.3 Å². The lowest BCUT2D eigenvalue weighted by atomic mass is 10.0. The number of carbonyl (C=O) groups is 1. The summed E-state index contributed by atoms with van der Waals surface area (Å²) in [6.45, 7) is 11.0. The number of aromatic nitrogens is 3. The molecule has 12 heteroatoms. The molecule has 0 N–H and O–H groups in total. The highest BCUT2D eigenvalue weighted by atomic mass is 32.2. The van der Waals surface area contributed by atoms with Gasteiger partial charge in [0.05, 0.1) is 24.7 Å². The van der Waals surface area contributed by atoms with Crippen molar-refractivity contribution in [3.05, 3.63) is 54.2 Å². The minimum absolute atomic E-state index is 0.115. The maximum absolute atomic E-state index is 12.9. The highest BCUT2D eigenvalue weighted by Gasteiger charge is 2.26. The molecule has 0 atom stereocenters. The van der Waals surface area contributed by atoms with Crippen LogP contribution in [0.2, 0.25) is 25.7 Å². The number of nitrogens with zero attached hydrogens (tertiary/aromatic N) is 4. The van der Waals surface area contributed by atoms with Crippen molar-refractivity contribution in [3.8, 4) is 22.4 Å². The maximum atomic E-state index is 12.9. The van der Waals surface area contributed by atoms with Crippen LogP contribution in [-0.4, -0.2) is 81.3 Å². The van der Waals surface area contributed by atoms with Crippen LogP contribution in [0.15, 0.2) is 53.4 Å². The molecule has 1 aliphatic rings. The quantitative estimate of drug-likeness (QED) is 0.192. The number of morpholine rings is 1. The van der Waals surface area contributed by atoms with Gasteiger partial charge in [0, 0.05) is 33.3 Å². The number of esters is 1. The van der Waals surface area contributed by atoms with Gasteiger partial charge < -0.3 is 14.2 Å². The highest BCUT2D eigenvalue weighted by molar-refractivity contribution is 7.89. The Morgan fingerprint density at radius 1 is 0.974 bits per heavy atom. The van der Waals surface area contributed by atoms with Gasteiger partial charge in [-0.2, -0.15) is 4.31 Å². The van der Waals surface area contributed by atoms with Gasteiger partial charge in [0.25, 0.3) is 0 Å². The predicted octanol–water partition coefficient (Wildman–Crippen LogP) is 4.12. The third-order valence-electron chi connectivity index (χ3n) is 6.37. The lowest BCUT2D eigenvalue weighted by Gasteiger charge is -2.26. The first-order chi connectivity index (χ1) is 18.6. The van der Waals surface area contributed by atoms with E-state index in [4.69, 9.17) is 14.2 Å². The number of hydrogen-bond acceptors (Lipinski definition) is 8. The van der Waals surface area contributed by atoms with Crippen LogP contribution < -0.4 is 0 Å². The van der Waals surface area contributed by atoms with Crippen LogP contribution in [-0.2, 0) is 31.0 Å². The van der Waals surface area contributed by atoms with E-state index >= 15 is 0 Å².